The number of urea groups is 1. The predicted octanol–water partition coefficient (Wildman–Crippen LogP) is 3.54. The average Bonchev–Trinajstić information content (AvgIpc) is 2.99. The number of anilines is 1. The first-order valence-corrected chi connectivity index (χ1v) is 7.81. The predicted molar refractivity (Wildman–Crippen MR) is 93.4 cm³/mol. The number of hydrogen-bond acceptors (Lipinski definition) is 4. The molecular weight excluding hydrogens is 341 g/mol. The van der Waals surface area contributed by atoms with Crippen LogP contribution in [0.1, 0.15) is 12.5 Å². The van der Waals surface area contributed by atoms with Crippen LogP contribution < -0.4 is 10.6 Å². The van der Waals surface area contributed by atoms with Crippen LogP contribution in [-0.2, 0) is 4.79 Å². The first kappa shape index (κ1) is 17.4. The number of hydrogen-bond donors (Lipinski definition) is 3. The van der Waals surface area contributed by atoms with Crippen LogP contribution >= 0.6 is 0 Å². The highest BCUT2D eigenvalue weighted by Gasteiger charge is 2.16. The van der Waals surface area contributed by atoms with E-state index in [0.29, 0.717) is 16.7 Å². The van der Waals surface area contributed by atoms with E-state index in [9.17, 15) is 14.0 Å². The lowest BCUT2D eigenvalue weighted by Gasteiger charge is -2.11. The van der Waals surface area contributed by atoms with Gasteiger partial charge in [0.2, 0.25) is 5.89 Å². The largest absolute Gasteiger partial charge is 0.480 e. The molecule has 1 aromatic heterocycles. The molecule has 26 heavy (non-hydrogen) atoms. The summed E-state index contributed by atoms with van der Waals surface area (Å²) in [4.78, 5) is 26.8. The van der Waals surface area contributed by atoms with Crippen LogP contribution in [0.25, 0.3) is 22.6 Å². The molecule has 7 nitrogen and oxygen atoms in total. The van der Waals surface area contributed by atoms with Crippen LogP contribution in [0.15, 0.2) is 40.8 Å². The van der Waals surface area contributed by atoms with E-state index in [1.165, 1.54) is 19.1 Å². The average molecular weight is 357 g/mol. The quantitative estimate of drug-likeness (QED) is 0.662. The molecule has 0 aliphatic rings. The van der Waals surface area contributed by atoms with Gasteiger partial charge in [0.15, 0.2) is 5.58 Å². The number of carboxylic acids is 1. The van der Waals surface area contributed by atoms with Gasteiger partial charge in [-0.25, -0.2) is 14.2 Å². The highest BCUT2D eigenvalue weighted by molar-refractivity contribution is 5.92. The molecule has 134 valence electrons. The lowest BCUT2D eigenvalue weighted by atomic mass is 10.2. The zero-order chi connectivity index (χ0) is 18.8. The first-order chi connectivity index (χ1) is 12.3. The summed E-state index contributed by atoms with van der Waals surface area (Å²) in [7, 11) is 0. The van der Waals surface area contributed by atoms with Gasteiger partial charge in [-0.05, 0) is 49.7 Å². The summed E-state index contributed by atoms with van der Waals surface area (Å²) < 4.78 is 19.9. The zero-order valence-electron chi connectivity index (χ0n) is 14.0. The van der Waals surface area contributed by atoms with Crippen LogP contribution in [0.4, 0.5) is 14.9 Å². The monoisotopic (exact) mass is 357 g/mol. The normalized spacial score (nSPS) is 12.0. The van der Waals surface area contributed by atoms with Crippen LogP contribution in [0.5, 0.6) is 0 Å². The molecule has 0 bridgehead atoms. The van der Waals surface area contributed by atoms with Gasteiger partial charge >= 0.3 is 12.0 Å². The summed E-state index contributed by atoms with van der Waals surface area (Å²) in [5.41, 5.74) is 2.63. The number of amides is 2. The van der Waals surface area contributed by atoms with Crippen molar-refractivity contribution in [3.8, 4) is 11.5 Å². The lowest BCUT2D eigenvalue weighted by molar-refractivity contribution is -0.138. The van der Waals surface area contributed by atoms with Crippen molar-refractivity contribution < 1.29 is 23.5 Å². The Morgan fingerprint density at radius 2 is 2.00 bits per heavy atom. The number of benzene rings is 2. The van der Waals surface area contributed by atoms with Crippen molar-refractivity contribution in [3.05, 3.63) is 47.8 Å². The summed E-state index contributed by atoms with van der Waals surface area (Å²) in [6.45, 7) is 3.24. The second-order valence-corrected chi connectivity index (χ2v) is 5.84. The summed E-state index contributed by atoms with van der Waals surface area (Å²) in [6, 6.07) is 7.73. The molecule has 0 unspecified atom stereocenters. The molecule has 2 amide bonds. The van der Waals surface area contributed by atoms with Gasteiger partial charge in [0.25, 0.3) is 0 Å². The molecule has 1 heterocycles. The van der Waals surface area contributed by atoms with Crippen molar-refractivity contribution in [1.82, 2.24) is 10.3 Å². The topological polar surface area (TPSA) is 104 Å². The number of oxazole rings is 1. The van der Waals surface area contributed by atoms with Gasteiger partial charge in [-0.2, -0.15) is 0 Å². The van der Waals surface area contributed by atoms with E-state index < -0.39 is 23.9 Å². The fraction of sp³-hybridized carbons (Fsp3) is 0.167. The molecular formula is C18H16FN3O4. The van der Waals surface area contributed by atoms with Crippen molar-refractivity contribution in [2.75, 3.05) is 5.32 Å². The van der Waals surface area contributed by atoms with Crippen molar-refractivity contribution in [2.45, 2.75) is 19.9 Å². The van der Waals surface area contributed by atoms with Gasteiger partial charge in [-0.15, -0.1) is 0 Å². The first-order valence-electron chi connectivity index (χ1n) is 7.81. The summed E-state index contributed by atoms with van der Waals surface area (Å²) in [5.74, 6) is -1.62. The number of halogens is 1. The minimum atomic E-state index is -1.19. The molecule has 0 fully saturated rings. The Labute approximate surface area is 147 Å². The van der Waals surface area contributed by atoms with Crippen molar-refractivity contribution in [1.29, 1.82) is 0 Å². The maximum atomic E-state index is 14.3. The molecule has 2 aromatic carbocycles. The Balaban J connectivity index is 1.80. The second kappa shape index (κ2) is 6.83. The number of nitrogens with one attached hydrogen (secondary N) is 2. The van der Waals surface area contributed by atoms with E-state index in [-0.39, 0.29) is 11.6 Å². The van der Waals surface area contributed by atoms with Gasteiger partial charge in [0, 0.05) is 5.56 Å². The minimum Gasteiger partial charge on any atom is -0.480 e. The van der Waals surface area contributed by atoms with Gasteiger partial charge in [-0.1, -0.05) is 6.07 Å². The number of carbonyl (C=O) groups is 2. The summed E-state index contributed by atoms with van der Waals surface area (Å²) >= 11 is 0. The highest BCUT2D eigenvalue weighted by atomic mass is 19.1. The second-order valence-electron chi connectivity index (χ2n) is 5.84. The molecule has 0 spiro atoms. The maximum Gasteiger partial charge on any atom is 0.325 e. The standard InChI is InChI=1S/C18H16FN3O4/c1-9-3-6-15-14(7-9)21-16(26-15)11-4-5-13(12(19)8-11)22-18(25)20-10(2)17(23)24/h3-8,10H,1-2H3,(H,23,24)(H2,20,22,25)/t10-/m1/s1. The maximum absolute atomic E-state index is 14.3. The molecule has 3 N–H and O–H groups in total. The van der Waals surface area contributed by atoms with Crippen LogP contribution in [0, 0.1) is 12.7 Å². The third-order valence-electron chi connectivity index (χ3n) is 3.73. The number of aromatic nitrogens is 1. The molecule has 0 aliphatic carbocycles. The number of nitrogens with zero attached hydrogens (tertiary/aromatic N) is 1. The molecule has 0 saturated heterocycles. The van der Waals surface area contributed by atoms with Crippen molar-refractivity contribution in [3.63, 3.8) is 0 Å². The van der Waals surface area contributed by atoms with Gasteiger partial charge < -0.3 is 20.2 Å². The van der Waals surface area contributed by atoms with E-state index in [2.05, 4.69) is 15.6 Å². The van der Waals surface area contributed by atoms with Gasteiger partial charge in [-0.3, -0.25) is 4.79 Å². The fourth-order valence-electron chi connectivity index (χ4n) is 2.33. The molecule has 1 atom stereocenters. The van der Waals surface area contributed by atoms with E-state index in [1.54, 1.807) is 12.1 Å². The smallest absolute Gasteiger partial charge is 0.325 e. The Bertz CT molecular complexity index is 999. The molecule has 3 rings (SSSR count). The van der Waals surface area contributed by atoms with E-state index in [1.807, 2.05) is 19.1 Å². The molecule has 0 aliphatic heterocycles. The number of fused-ring (bicyclic) bond motifs is 1. The number of aryl methyl sites for hydroxylation is 1. The minimum absolute atomic E-state index is 0.0872. The number of carbonyl (C=O) groups excluding carboxylic acids is 1. The number of aliphatic carboxylic acids is 1. The molecule has 0 saturated carbocycles. The third kappa shape index (κ3) is 3.64. The lowest BCUT2D eigenvalue weighted by Crippen LogP contribution is -2.41. The molecule has 0 radical (unpaired) electrons. The van der Waals surface area contributed by atoms with Crippen LogP contribution in [0.3, 0.4) is 0 Å². The van der Waals surface area contributed by atoms with Gasteiger partial charge in [0.1, 0.15) is 17.4 Å². The Hall–Kier alpha value is -3.42. The van der Waals surface area contributed by atoms with E-state index in [0.717, 1.165) is 5.56 Å². The number of rotatable bonds is 4. The molecule has 3 aromatic rings. The Morgan fingerprint density at radius 1 is 1.23 bits per heavy atom. The highest BCUT2D eigenvalue weighted by Crippen LogP contribution is 2.27. The van der Waals surface area contributed by atoms with Gasteiger partial charge in [0.05, 0.1) is 5.69 Å². The zero-order valence-corrected chi connectivity index (χ0v) is 14.0. The fourth-order valence-corrected chi connectivity index (χ4v) is 2.33. The van der Waals surface area contributed by atoms with Crippen LogP contribution in [-0.4, -0.2) is 28.1 Å². The van der Waals surface area contributed by atoms with E-state index >= 15 is 0 Å². The van der Waals surface area contributed by atoms with Crippen molar-refractivity contribution >= 4 is 28.8 Å². The Morgan fingerprint density at radius 3 is 2.69 bits per heavy atom. The van der Waals surface area contributed by atoms with Crippen molar-refractivity contribution in [2.24, 2.45) is 0 Å². The summed E-state index contributed by atoms with van der Waals surface area (Å²) in [6.07, 6.45) is 0. The Kier molecular flexibility index (Phi) is 4.57. The van der Waals surface area contributed by atoms with E-state index in [4.69, 9.17) is 9.52 Å². The number of carboxylic acid groups (broad SMARTS) is 1. The molecule has 8 heteroatoms. The SMILES string of the molecule is Cc1ccc2oc(-c3ccc(NC(=O)N[C@H](C)C(=O)O)c(F)c3)nc2c1. The van der Waals surface area contributed by atoms with Crippen LogP contribution in [0.2, 0.25) is 0 Å². The summed E-state index contributed by atoms with van der Waals surface area (Å²) in [5, 5.41) is 13.2. The third-order valence-corrected chi connectivity index (χ3v) is 3.73.